The number of esters is 1. The Morgan fingerprint density at radius 3 is 1.30 bits per heavy atom. The first kappa shape index (κ1) is 24.2. The summed E-state index contributed by atoms with van der Waals surface area (Å²) in [6.45, 7) is 16.5. The summed E-state index contributed by atoms with van der Waals surface area (Å²) in [6, 6.07) is 0. The molecule has 1 aromatic heterocycles. The van der Waals surface area contributed by atoms with Gasteiger partial charge in [-0.3, -0.25) is 0 Å². The first-order valence-electron chi connectivity index (χ1n) is 8.88. The van der Waals surface area contributed by atoms with Crippen LogP contribution in [0.1, 0.15) is 0 Å². The minimum atomic E-state index is -0.861. The average molecular weight is 419 g/mol. The third-order valence-electron chi connectivity index (χ3n) is 3.77. The monoisotopic (exact) mass is 419 g/mol. The maximum Gasteiger partial charge on any atom is 0.336 e. The highest BCUT2D eigenvalue weighted by atomic mass is 16.5. The number of carbonyl (C=O) groups excluding carboxylic acids is 1. The summed E-state index contributed by atoms with van der Waals surface area (Å²) in [7, 11) is 0. The number of aromatic nitrogens is 3. The van der Waals surface area contributed by atoms with E-state index in [1.54, 1.807) is 0 Å². The maximum absolute atomic E-state index is 12.7. The lowest BCUT2D eigenvalue weighted by atomic mass is 10.5. The van der Waals surface area contributed by atoms with Gasteiger partial charge in [0.2, 0.25) is 0 Å². The molecule has 0 saturated heterocycles. The van der Waals surface area contributed by atoms with Gasteiger partial charge in [0.05, 0.1) is 19.6 Å². The molecule has 0 aliphatic rings. The van der Waals surface area contributed by atoms with Gasteiger partial charge in [0.25, 0.3) is 0 Å². The molecule has 1 aromatic rings. The first-order chi connectivity index (χ1) is 14.3. The van der Waals surface area contributed by atoms with Gasteiger partial charge >= 0.3 is 23.0 Å². The summed E-state index contributed by atoms with van der Waals surface area (Å²) in [6.07, 6.45) is 3.70. The summed E-state index contributed by atoms with van der Waals surface area (Å²) >= 11 is 0. The van der Waals surface area contributed by atoms with Gasteiger partial charge in [0.1, 0.15) is 31.3 Å². The van der Waals surface area contributed by atoms with Crippen LogP contribution in [0.4, 0.5) is 0 Å². The van der Waals surface area contributed by atoms with Crippen LogP contribution in [-0.2, 0) is 38.6 Å². The van der Waals surface area contributed by atoms with Crippen LogP contribution in [0.25, 0.3) is 0 Å². The van der Waals surface area contributed by atoms with Crippen LogP contribution in [0, 0.1) is 0 Å². The fourth-order valence-corrected chi connectivity index (χ4v) is 2.21. The van der Waals surface area contributed by atoms with E-state index in [0.29, 0.717) is 0 Å². The zero-order valence-electron chi connectivity index (χ0n) is 16.7. The van der Waals surface area contributed by atoms with Gasteiger partial charge in [-0.25, -0.2) is 32.9 Å². The Kier molecular flexibility index (Phi) is 9.60. The Labute approximate surface area is 172 Å². The van der Waals surface area contributed by atoms with Crippen LogP contribution >= 0.6 is 0 Å². The number of hydrogen-bond acceptors (Lipinski definition) is 7. The Balaban J connectivity index is 3.24. The molecule has 0 atom stereocenters. The third-order valence-corrected chi connectivity index (χ3v) is 3.77. The number of nitrogens with zero attached hydrogens (tertiary/aromatic N) is 3. The molecule has 0 aliphatic carbocycles. The van der Waals surface area contributed by atoms with Crippen molar-refractivity contribution in [2.45, 2.75) is 19.6 Å². The highest BCUT2D eigenvalue weighted by Gasteiger charge is 2.16. The highest BCUT2D eigenvalue weighted by Crippen LogP contribution is 1.94. The van der Waals surface area contributed by atoms with Crippen molar-refractivity contribution < 1.29 is 19.0 Å². The normalized spacial score (nSPS) is 10.0. The second-order valence-corrected chi connectivity index (χ2v) is 5.71. The molecule has 0 bridgehead atoms. The molecule has 162 valence electrons. The van der Waals surface area contributed by atoms with Gasteiger partial charge in [0, 0.05) is 6.08 Å². The molecule has 30 heavy (non-hydrogen) atoms. The molecule has 0 aromatic carbocycles. The molecule has 0 N–H and O–H groups in total. The summed E-state index contributed by atoms with van der Waals surface area (Å²) in [5.41, 5.74) is -2.55. The molecule has 0 amide bonds. The molecule has 10 heteroatoms. The van der Waals surface area contributed by atoms with E-state index in [1.807, 2.05) is 0 Å². The van der Waals surface area contributed by atoms with Crippen molar-refractivity contribution >= 4 is 5.97 Å². The smallest absolute Gasteiger partial charge is 0.336 e. The second-order valence-electron chi connectivity index (χ2n) is 5.71. The molecule has 0 aliphatic heterocycles. The maximum atomic E-state index is 12.7. The molecular formula is C20H25N3O7. The molecule has 1 heterocycles. The summed E-state index contributed by atoms with van der Waals surface area (Å²) in [5, 5.41) is 0. The van der Waals surface area contributed by atoms with Gasteiger partial charge in [0.15, 0.2) is 0 Å². The van der Waals surface area contributed by atoms with E-state index in [9.17, 15) is 19.2 Å². The van der Waals surface area contributed by atoms with Gasteiger partial charge in [-0.05, 0) is 12.2 Å². The fourth-order valence-electron chi connectivity index (χ4n) is 2.21. The van der Waals surface area contributed by atoms with E-state index in [4.69, 9.17) is 14.2 Å². The van der Waals surface area contributed by atoms with Crippen molar-refractivity contribution in [3.05, 3.63) is 94.1 Å². The molecule has 10 nitrogen and oxygen atoms in total. The third kappa shape index (κ3) is 6.66. The predicted molar refractivity (Wildman–Crippen MR) is 111 cm³/mol. The predicted octanol–water partition coefficient (Wildman–Crippen LogP) is 0.334. The van der Waals surface area contributed by atoms with Crippen LogP contribution in [0.5, 0.6) is 0 Å². The summed E-state index contributed by atoms with van der Waals surface area (Å²) in [4.78, 5) is 49.2. The quantitative estimate of drug-likeness (QED) is 0.185. The SMILES string of the molecule is C=CC(=C)OCCn1c(=O)n(CCOC(=C)C=C)c(=O)n(CCOC(=O)C=C)c1=O. The Morgan fingerprint density at radius 1 is 0.667 bits per heavy atom. The Hall–Kier alpha value is -3.82. The van der Waals surface area contributed by atoms with E-state index in [0.717, 1.165) is 19.8 Å². The summed E-state index contributed by atoms with van der Waals surface area (Å²) in [5.74, 6) is -0.168. The fraction of sp³-hybridized carbons (Fsp3) is 0.300. The van der Waals surface area contributed by atoms with E-state index >= 15 is 0 Å². The van der Waals surface area contributed by atoms with E-state index < -0.39 is 23.0 Å². The summed E-state index contributed by atoms with van der Waals surface area (Å²) < 4.78 is 17.8. The van der Waals surface area contributed by atoms with Crippen molar-refractivity contribution in [3.63, 3.8) is 0 Å². The van der Waals surface area contributed by atoms with Gasteiger partial charge in [-0.2, -0.15) is 0 Å². The lowest BCUT2D eigenvalue weighted by molar-refractivity contribution is -0.138. The van der Waals surface area contributed by atoms with Crippen LogP contribution < -0.4 is 17.1 Å². The van der Waals surface area contributed by atoms with E-state index in [2.05, 4.69) is 32.9 Å². The molecule has 0 radical (unpaired) electrons. The first-order valence-corrected chi connectivity index (χ1v) is 8.88. The molecular weight excluding hydrogens is 394 g/mol. The van der Waals surface area contributed by atoms with Gasteiger partial charge in [-0.1, -0.05) is 32.9 Å². The topological polar surface area (TPSA) is 111 Å². The van der Waals surface area contributed by atoms with Crippen molar-refractivity contribution in [1.82, 2.24) is 13.7 Å². The van der Waals surface area contributed by atoms with Crippen LogP contribution in [0.3, 0.4) is 0 Å². The van der Waals surface area contributed by atoms with Crippen molar-refractivity contribution in [2.75, 3.05) is 19.8 Å². The molecule has 0 unspecified atom stereocenters. The molecule has 0 saturated carbocycles. The Bertz CT molecular complexity index is 852. The molecule has 0 fully saturated rings. The Morgan fingerprint density at radius 2 is 1.00 bits per heavy atom. The van der Waals surface area contributed by atoms with Crippen molar-refractivity contribution in [2.24, 2.45) is 0 Å². The van der Waals surface area contributed by atoms with Crippen LogP contribution in [-0.4, -0.2) is 39.5 Å². The number of rotatable bonds is 14. The average Bonchev–Trinajstić information content (AvgIpc) is 2.74. The zero-order valence-corrected chi connectivity index (χ0v) is 16.7. The largest absolute Gasteiger partial charge is 0.492 e. The number of carbonyl (C=O) groups is 1. The number of ether oxygens (including phenoxy) is 3. The van der Waals surface area contributed by atoms with Gasteiger partial charge < -0.3 is 14.2 Å². The van der Waals surface area contributed by atoms with Crippen molar-refractivity contribution in [3.8, 4) is 0 Å². The molecule has 0 spiro atoms. The van der Waals surface area contributed by atoms with Crippen LogP contribution in [0.15, 0.2) is 77.0 Å². The standard InChI is InChI=1S/C20H25N3O7/c1-6-15(4)28-12-9-21-18(25)22(10-13-29-16(5)7-2)20(27)23(19(21)26)11-14-30-17(24)8-3/h6-8H,1-5,9-14H2. The van der Waals surface area contributed by atoms with E-state index in [1.165, 1.54) is 12.2 Å². The lowest BCUT2D eigenvalue weighted by Crippen LogP contribution is -2.55. The van der Waals surface area contributed by atoms with Crippen molar-refractivity contribution in [1.29, 1.82) is 0 Å². The second kappa shape index (κ2) is 11.9. The minimum Gasteiger partial charge on any atom is -0.492 e. The minimum absolute atomic E-state index is 0.0482. The lowest BCUT2D eigenvalue weighted by Gasteiger charge is -2.14. The highest BCUT2D eigenvalue weighted by molar-refractivity contribution is 5.81. The number of allylic oxidation sites excluding steroid dienone is 2. The van der Waals surface area contributed by atoms with Crippen LogP contribution in [0.2, 0.25) is 0 Å². The molecule has 1 rings (SSSR count). The van der Waals surface area contributed by atoms with Gasteiger partial charge in [-0.15, -0.1) is 0 Å². The zero-order chi connectivity index (χ0) is 22.7. The van der Waals surface area contributed by atoms with E-state index in [-0.39, 0.29) is 51.0 Å². The number of hydrogen-bond donors (Lipinski definition) is 0.